The largest absolute Gasteiger partial charge is 0.496 e. The molecule has 3 aromatic rings. The van der Waals surface area contributed by atoms with Crippen molar-refractivity contribution in [1.29, 1.82) is 0 Å². The third-order valence-corrected chi connectivity index (χ3v) is 4.48. The lowest BCUT2D eigenvalue weighted by Crippen LogP contribution is -2.14. The number of anilines is 1. The molecule has 0 aliphatic carbocycles. The van der Waals surface area contributed by atoms with Gasteiger partial charge in [0.1, 0.15) is 17.9 Å². The number of nitrogens with one attached hydrogen (secondary N) is 1. The molecule has 1 atom stereocenters. The summed E-state index contributed by atoms with van der Waals surface area (Å²) in [6.45, 7) is 4.93. The normalized spacial score (nSPS) is 11.8. The maximum absolute atomic E-state index is 5.51. The molecule has 0 aliphatic heterocycles. The molecule has 0 spiro atoms. The van der Waals surface area contributed by atoms with E-state index >= 15 is 0 Å². The Labute approximate surface area is 154 Å². The Kier molecular flexibility index (Phi) is 5.79. The van der Waals surface area contributed by atoms with E-state index in [2.05, 4.69) is 33.3 Å². The van der Waals surface area contributed by atoms with Gasteiger partial charge in [-0.2, -0.15) is 0 Å². The second kappa shape index (κ2) is 8.43. The van der Waals surface area contributed by atoms with Crippen molar-refractivity contribution in [3.63, 3.8) is 0 Å². The van der Waals surface area contributed by atoms with Crippen LogP contribution >= 0.6 is 0 Å². The van der Waals surface area contributed by atoms with E-state index in [1.807, 2.05) is 49.5 Å². The Morgan fingerprint density at radius 3 is 2.65 bits per heavy atom. The molecule has 134 valence electrons. The van der Waals surface area contributed by atoms with Crippen LogP contribution in [-0.2, 0) is 0 Å². The maximum atomic E-state index is 5.51. The summed E-state index contributed by atoms with van der Waals surface area (Å²) in [5.41, 5.74) is 4.05. The molecule has 0 radical (unpaired) electrons. The van der Waals surface area contributed by atoms with E-state index in [9.17, 15) is 0 Å². The van der Waals surface area contributed by atoms with E-state index in [0.717, 1.165) is 41.5 Å². The van der Waals surface area contributed by atoms with Gasteiger partial charge in [0.05, 0.1) is 12.8 Å². The molecule has 0 aliphatic rings. The highest BCUT2D eigenvalue weighted by Crippen LogP contribution is 2.29. The van der Waals surface area contributed by atoms with Gasteiger partial charge in [-0.3, -0.25) is 4.98 Å². The molecule has 0 amide bonds. The molecule has 2 aromatic heterocycles. The number of hydrogen-bond donors (Lipinski definition) is 1. The Balaban J connectivity index is 1.74. The smallest absolute Gasteiger partial charge is 0.129 e. The first-order valence-corrected chi connectivity index (χ1v) is 8.83. The quantitative estimate of drug-likeness (QED) is 0.683. The number of nitrogens with zero attached hydrogens (tertiary/aromatic N) is 3. The summed E-state index contributed by atoms with van der Waals surface area (Å²) >= 11 is 0. The first-order valence-electron chi connectivity index (χ1n) is 8.83. The van der Waals surface area contributed by atoms with Crippen LogP contribution in [0.3, 0.4) is 0 Å². The summed E-state index contributed by atoms with van der Waals surface area (Å²) in [4.78, 5) is 13.0. The van der Waals surface area contributed by atoms with E-state index in [4.69, 9.17) is 4.74 Å². The van der Waals surface area contributed by atoms with Crippen LogP contribution in [0.2, 0.25) is 0 Å². The SMILES string of the molecule is CCC(CNc1cc(-c2ccc(C)nc2)ncn1)c1ccccc1OC. The number of benzene rings is 1. The number of pyridine rings is 1. The van der Waals surface area contributed by atoms with E-state index in [-0.39, 0.29) is 0 Å². The molecule has 1 unspecified atom stereocenters. The van der Waals surface area contributed by atoms with E-state index in [1.54, 1.807) is 13.4 Å². The molecule has 5 heteroatoms. The molecular weight excluding hydrogens is 324 g/mol. The van der Waals surface area contributed by atoms with Crippen molar-refractivity contribution >= 4 is 5.82 Å². The van der Waals surface area contributed by atoms with Crippen LogP contribution in [0.15, 0.2) is 55.0 Å². The average molecular weight is 348 g/mol. The summed E-state index contributed by atoms with van der Waals surface area (Å²) in [6.07, 6.45) is 4.43. The molecule has 0 saturated carbocycles. The minimum Gasteiger partial charge on any atom is -0.496 e. The number of aryl methyl sites for hydroxylation is 1. The summed E-state index contributed by atoms with van der Waals surface area (Å²) in [6, 6.07) is 14.1. The molecule has 26 heavy (non-hydrogen) atoms. The van der Waals surface area contributed by atoms with Crippen LogP contribution in [0.25, 0.3) is 11.3 Å². The third kappa shape index (κ3) is 4.17. The molecule has 0 bridgehead atoms. The van der Waals surface area contributed by atoms with Crippen LogP contribution in [0.4, 0.5) is 5.82 Å². The zero-order valence-electron chi connectivity index (χ0n) is 15.4. The van der Waals surface area contributed by atoms with Gasteiger partial charge >= 0.3 is 0 Å². The lowest BCUT2D eigenvalue weighted by Gasteiger charge is -2.19. The zero-order valence-corrected chi connectivity index (χ0v) is 15.4. The number of para-hydroxylation sites is 1. The average Bonchev–Trinajstić information content (AvgIpc) is 2.69. The number of aromatic nitrogens is 3. The molecule has 0 fully saturated rings. The van der Waals surface area contributed by atoms with Gasteiger partial charge in [-0.1, -0.05) is 25.1 Å². The molecule has 5 nitrogen and oxygen atoms in total. The predicted molar refractivity (Wildman–Crippen MR) is 105 cm³/mol. The van der Waals surface area contributed by atoms with Gasteiger partial charge in [0, 0.05) is 36.0 Å². The summed E-state index contributed by atoms with van der Waals surface area (Å²) in [5, 5.41) is 3.44. The van der Waals surface area contributed by atoms with Crippen molar-refractivity contribution < 1.29 is 4.74 Å². The van der Waals surface area contributed by atoms with Crippen LogP contribution in [0.1, 0.15) is 30.5 Å². The first-order chi connectivity index (χ1) is 12.7. The standard InChI is InChI=1S/C21H24N4O/c1-4-16(18-7-5-6-8-20(18)26-3)12-23-21-11-19(24-14-25-21)17-10-9-15(2)22-13-17/h5-11,13-14,16H,4,12H2,1-3H3,(H,23,24,25). The number of methoxy groups -OCH3 is 1. The molecule has 1 N–H and O–H groups in total. The van der Waals surface area contributed by atoms with Gasteiger partial charge in [0.15, 0.2) is 0 Å². The lowest BCUT2D eigenvalue weighted by molar-refractivity contribution is 0.405. The minimum absolute atomic E-state index is 0.339. The molecule has 1 aromatic carbocycles. The maximum Gasteiger partial charge on any atom is 0.129 e. The predicted octanol–water partition coefficient (Wildman–Crippen LogP) is 4.46. The van der Waals surface area contributed by atoms with Crippen molar-refractivity contribution in [2.24, 2.45) is 0 Å². The number of hydrogen-bond acceptors (Lipinski definition) is 5. The Hall–Kier alpha value is -2.95. The Morgan fingerprint density at radius 2 is 1.92 bits per heavy atom. The highest BCUT2D eigenvalue weighted by atomic mass is 16.5. The van der Waals surface area contributed by atoms with Crippen molar-refractivity contribution in [1.82, 2.24) is 15.0 Å². The summed E-state index contributed by atoms with van der Waals surface area (Å²) < 4.78 is 5.51. The first kappa shape index (κ1) is 17.9. The second-order valence-corrected chi connectivity index (χ2v) is 6.20. The fraction of sp³-hybridized carbons (Fsp3) is 0.286. The molecule has 2 heterocycles. The molecule has 3 rings (SSSR count). The monoisotopic (exact) mass is 348 g/mol. The van der Waals surface area contributed by atoms with Gasteiger partial charge in [0.25, 0.3) is 0 Å². The van der Waals surface area contributed by atoms with Crippen molar-refractivity contribution in [2.75, 3.05) is 19.0 Å². The van der Waals surface area contributed by atoms with Crippen LogP contribution in [-0.4, -0.2) is 28.6 Å². The van der Waals surface area contributed by atoms with Gasteiger partial charge in [-0.15, -0.1) is 0 Å². The summed E-state index contributed by atoms with van der Waals surface area (Å²) in [7, 11) is 1.71. The molecular formula is C21H24N4O. The van der Waals surface area contributed by atoms with E-state index in [1.165, 1.54) is 5.56 Å². The lowest BCUT2D eigenvalue weighted by atomic mass is 9.95. The van der Waals surface area contributed by atoms with Crippen LogP contribution in [0, 0.1) is 6.92 Å². The van der Waals surface area contributed by atoms with Crippen LogP contribution in [0.5, 0.6) is 5.75 Å². The van der Waals surface area contributed by atoms with Gasteiger partial charge < -0.3 is 10.1 Å². The minimum atomic E-state index is 0.339. The summed E-state index contributed by atoms with van der Waals surface area (Å²) in [5.74, 6) is 2.07. The third-order valence-electron chi connectivity index (χ3n) is 4.48. The Bertz CT molecular complexity index is 849. The Morgan fingerprint density at radius 1 is 1.08 bits per heavy atom. The van der Waals surface area contributed by atoms with Gasteiger partial charge in [0.2, 0.25) is 0 Å². The van der Waals surface area contributed by atoms with E-state index in [0.29, 0.717) is 5.92 Å². The topological polar surface area (TPSA) is 59.9 Å². The van der Waals surface area contributed by atoms with Gasteiger partial charge in [-0.25, -0.2) is 9.97 Å². The number of ether oxygens (including phenoxy) is 1. The molecule has 0 saturated heterocycles. The fourth-order valence-electron chi connectivity index (χ4n) is 2.94. The number of rotatable bonds is 7. The van der Waals surface area contributed by atoms with Gasteiger partial charge in [-0.05, 0) is 37.1 Å². The fourth-order valence-corrected chi connectivity index (χ4v) is 2.94. The van der Waals surface area contributed by atoms with E-state index < -0.39 is 0 Å². The zero-order chi connectivity index (χ0) is 18.4. The van der Waals surface area contributed by atoms with Crippen LogP contribution < -0.4 is 10.1 Å². The van der Waals surface area contributed by atoms with Crippen molar-refractivity contribution in [3.8, 4) is 17.0 Å². The van der Waals surface area contributed by atoms with Crippen molar-refractivity contribution in [3.05, 3.63) is 66.2 Å². The highest BCUT2D eigenvalue weighted by molar-refractivity contribution is 5.61. The highest BCUT2D eigenvalue weighted by Gasteiger charge is 2.14. The second-order valence-electron chi connectivity index (χ2n) is 6.20. The van der Waals surface area contributed by atoms with Crippen molar-refractivity contribution in [2.45, 2.75) is 26.2 Å².